The Balaban J connectivity index is 1.50. The highest BCUT2D eigenvalue weighted by Crippen LogP contribution is 2.44. The minimum Gasteiger partial charge on any atom is -0.493 e. The molecule has 3 aromatic rings. The van der Waals surface area contributed by atoms with E-state index in [4.69, 9.17) is 14.2 Å². The highest BCUT2D eigenvalue weighted by molar-refractivity contribution is 5.87. The van der Waals surface area contributed by atoms with Crippen LogP contribution in [0.3, 0.4) is 0 Å². The molecule has 1 unspecified atom stereocenters. The quantitative estimate of drug-likeness (QED) is 0.312. The second kappa shape index (κ2) is 12.9. The van der Waals surface area contributed by atoms with Crippen molar-refractivity contribution >= 4 is 22.8 Å². The molecule has 2 aromatic carbocycles. The molecule has 10 nitrogen and oxygen atoms in total. The van der Waals surface area contributed by atoms with Crippen molar-refractivity contribution < 1.29 is 47.2 Å². The van der Waals surface area contributed by atoms with E-state index in [0.29, 0.717) is 29.9 Å². The number of methoxy groups -OCH3 is 1. The van der Waals surface area contributed by atoms with Gasteiger partial charge in [0.1, 0.15) is 12.6 Å². The number of carboxylic acid groups (broad SMARTS) is 1. The Kier molecular flexibility index (Phi) is 9.52. The summed E-state index contributed by atoms with van der Waals surface area (Å²) in [6, 6.07) is 10.9. The number of β-amino-alcohol motifs (C(OH)–C–C–N with tert-alkyl or cyclic N) is 1. The van der Waals surface area contributed by atoms with Gasteiger partial charge in [0.15, 0.2) is 11.5 Å². The summed E-state index contributed by atoms with van der Waals surface area (Å²) in [4.78, 5) is 24.7. The number of rotatable bonds is 11. The van der Waals surface area contributed by atoms with Crippen molar-refractivity contribution in [3.8, 4) is 17.6 Å². The number of likely N-dealkylation sites (tertiary alicyclic amines) is 1. The lowest BCUT2D eigenvalue weighted by molar-refractivity contribution is -0.272. The number of esters is 1. The second-order valence-corrected chi connectivity index (χ2v) is 10.3. The van der Waals surface area contributed by atoms with Crippen molar-refractivity contribution in [3.63, 3.8) is 0 Å². The van der Waals surface area contributed by atoms with E-state index in [0.717, 1.165) is 10.8 Å². The molecule has 2 heterocycles. The number of carbonyl (C=O) groups excluding carboxylic acids is 1. The summed E-state index contributed by atoms with van der Waals surface area (Å²) in [6.45, 7) is 0.957. The van der Waals surface area contributed by atoms with Crippen LogP contribution in [0.25, 0.3) is 10.9 Å². The van der Waals surface area contributed by atoms with Crippen molar-refractivity contribution in [1.29, 1.82) is 5.26 Å². The van der Waals surface area contributed by atoms with Crippen LogP contribution in [-0.2, 0) is 32.9 Å². The third-order valence-corrected chi connectivity index (χ3v) is 7.39. The van der Waals surface area contributed by atoms with Crippen LogP contribution in [0.1, 0.15) is 36.5 Å². The smallest absolute Gasteiger partial charge is 0.422 e. The van der Waals surface area contributed by atoms with Gasteiger partial charge < -0.3 is 29.0 Å². The van der Waals surface area contributed by atoms with Crippen molar-refractivity contribution in [1.82, 2.24) is 9.47 Å². The first kappa shape index (κ1) is 31.7. The molecule has 0 aliphatic carbocycles. The molecule has 0 bridgehead atoms. The van der Waals surface area contributed by atoms with E-state index in [9.17, 15) is 38.2 Å². The topological polar surface area (TPSA) is 134 Å². The van der Waals surface area contributed by atoms with Crippen molar-refractivity contribution in [2.75, 3.05) is 33.4 Å². The van der Waals surface area contributed by atoms with Crippen LogP contribution < -0.4 is 9.47 Å². The van der Waals surface area contributed by atoms with E-state index in [1.807, 2.05) is 6.07 Å². The molecule has 1 aromatic heterocycles. The Labute approximate surface area is 245 Å². The SMILES string of the molecule is CCOC(=O)Cc1ccc(OC2CCN(CC(O)(c3cn(CC(=O)O)c4cc(C#N)ccc34)C(F)(F)F)CC2)c(OC)c1. The molecule has 1 fully saturated rings. The fraction of sp³-hybridized carbons (Fsp3) is 0.433. The molecule has 230 valence electrons. The minimum absolute atomic E-state index is 0.0109. The Hall–Kier alpha value is -4.28. The number of carbonyl (C=O) groups is 2. The zero-order valence-corrected chi connectivity index (χ0v) is 23.7. The van der Waals surface area contributed by atoms with E-state index in [2.05, 4.69) is 0 Å². The van der Waals surface area contributed by atoms with Gasteiger partial charge in [0.2, 0.25) is 5.60 Å². The number of aliphatic carboxylic acids is 1. The van der Waals surface area contributed by atoms with E-state index in [1.54, 1.807) is 25.1 Å². The average Bonchev–Trinajstić information content (AvgIpc) is 3.31. The van der Waals surface area contributed by atoms with Gasteiger partial charge in [-0.2, -0.15) is 18.4 Å². The minimum atomic E-state index is -5.09. The molecule has 13 heteroatoms. The lowest BCUT2D eigenvalue weighted by atomic mass is 9.90. The normalized spacial score (nSPS) is 15.9. The van der Waals surface area contributed by atoms with Gasteiger partial charge in [-0.15, -0.1) is 0 Å². The van der Waals surface area contributed by atoms with E-state index < -0.39 is 36.4 Å². The summed E-state index contributed by atoms with van der Waals surface area (Å²) in [7, 11) is 1.46. The maximum absolute atomic E-state index is 14.6. The Bertz CT molecular complexity index is 1520. The third kappa shape index (κ3) is 7.03. The number of ether oxygens (including phenoxy) is 3. The Morgan fingerprint density at radius 1 is 1.12 bits per heavy atom. The maximum atomic E-state index is 14.6. The van der Waals surface area contributed by atoms with Crippen molar-refractivity contribution in [2.45, 2.75) is 50.6 Å². The number of carboxylic acids is 1. The molecular weight excluding hydrogens is 571 g/mol. The van der Waals surface area contributed by atoms with E-state index in [1.165, 1.54) is 30.2 Å². The average molecular weight is 604 g/mol. The number of fused-ring (bicyclic) bond motifs is 1. The number of hydrogen-bond donors (Lipinski definition) is 2. The largest absolute Gasteiger partial charge is 0.493 e. The number of nitrogens with zero attached hydrogens (tertiary/aromatic N) is 3. The predicted octanol–water partition coefficient (Wildman–Crippen LogP) is 4.01. The fourth-order valence-electron chi connectivity index (χ4n) is 5.28. The Morgan fingerprint density at radius 2 is 1.84 bits per heavy atom. The van der Waals surface area contributed by atoms with E-state index >= 15 is 0 Å². The number of alkyl halides is 3. The Morgan fingerprint density at radius 3 is 2.44 bits per heavy atom. The standard InChI is InChI=1S/C30H32F3N3O7/c1-3-42-28(39)14-19-5-7-25(26(13-19)41-2)43-21-8-10-35(11-9-21)18-29(40,30(31,32)33)23-16-36(17-27(37)38)24-12-20(15-34)4-6-22(23)24/h4-7,12-13,16,21,40H,3,8-11,14,17-18H2,1-2H3,(H,37,38). The van der Waals surface area contributed by atoms with Crippen LogP contribution >= 0.6 is 0 Å². The molecule has 0 amide bonds. The van der Waals surface area contributed by atoms with Gasteiger partial charge in [-0.1, -0.05) is 12.1 Å². The maximum Gasteiger partial charge on any atom is 0.422 e. The molecule has 0 spiro atoms. The summed E-state index contributed by atoms with van der Waals surface area (Å²) in [5.74, 6) is -0.812. The number of piperidine rings is 1. The third-order valence-electron chi connectivity index (χ3n) is 7.39. The van der Waals surface area contributed by atoms with Crippen LogP contribution in [0, 0.1) is 11.3 Å². The van der Waals surface area contributed by atoms with Gasteiger partial charge in [0, 0.05) is 36.8 Å². The first-order valence-corrected chi connectivity index (χ1v) is 13.6. The number of halogens is 3. The van der Waals surface area contributed by atoms with Crippen LogP contribution in [0.4, 0.5) is 13.2 Å². The molecule has 2 N–H and O–H groups in total. The summed E-state index contributed by atoms with van der Waals surface area (Å²) >= 11 is 0. The van der Waals surface area contributed by atoms with Gasteiger partial charge >= 0.3 is 18.1 Å². The molecule has 1 aliphatic heterocycles. The van der Waals surface area contributed by atoms with Crippen LogP contribution in [0.5, 0.6) is 11.5 Å². The molecular formula is C30H32F3N3O7. The number of aromatic nitrogens is 1. The number of aliphatic hydroxyl groups is 1. The lowest BCUT2D eigenvalue weighted by Gasteiger charge is -2.39. The van der Waals surface area contributed by atoms with Gasteiger partial charge in [-0.05, 0) is 49.6 Å². The van der Waals surface area contributed by atoms with Gasteiger partial charge in [-0.25, -0.2) is 0 Å². The fourth-order valence-corrected chi connectivity index (χ4v) is 5.28. The van der Waals surface area contributed by atoms with Crippen molar-refractivity contribution in [2.24, 2.45) is 0 Å². The molecule has 0 radical (unpaired) electrons. The first-order valence-electron chi connectivity index (χ1n) is 13.6. The summed E-state index contributed by atoms with van der Waals surface area (Å²) in [5.41, 5.74) is -2.86. The number of benzene rings is 2. The van der Waals surface area contributed by atoms with Crippen LogP contribution in [0.2, 0.25) is 0 Å². The number of nitriles is 1. The zero-order chi connectivity index (χ0) is 31.4. The molecule has 1 aliphatic rings. The van der Waals surface area contributed by atoms with Crippen LogP contribution in [-0.4, -0.2) is 77.2 Å². The monoisotopic (exact) mass is 603 g/mol. The summed E-state index contributed by atoms with van der Waals surface area (Å²) in [6.07, 6.45) is -3.61. The van der Waals surface area contributed by atoms with Gasteiger partial charge in [0.05, 0.1) is 37.3 Å². The van der Waals surface area contributed by atoms with Gasteiger partial charge in [-0.3, -0.25) is 14.5 Å². The molecule has 1 saturated heterocycles. The molecule has 43 heavy (non-hydrogen) atoms. The lowest BCUT2D eigenvalue weighted by Crippen LogP contribution is -2.53. The van der Waals surface area contributed by atoms with Crippen molar-refractivity contribution in [3.05, 3.63) is 59.3 Å². The van der Waals surface area contributed by atoms with Gasteiger partial charge in [0.25, 0.3) is 0 Å². The summed E-state index contributed by atoms with van der Waals surface area (Å²) in [5, 5.41) is 29.8. The predicted molar refractivity (Wildman–Crippen MR) is 148 cm³/mol. The highest BCUT2D eigenvalue weighted by Gasteiger charge is 2.57. The summed E-state index contributed by atoms with van der Waals surface area (Å²) < 4.78 is 61.3. The zero-order valence-electron chi connectivity index (χ0n) is 23.7. The first-order chi connectivity index (χ1) is 20.4. The second-order valence-electron chi connectivity index (χ2n) is 10.3. The highest BCUT2D eigenvalue weighted by atomic mass is 19.4. The molecule has 1 atom stereocenters. The van der Waals surface area contributed by atoms with E-state index in [-0.39, 0.29) is 54.7 Å². The van der Waals surface area contributed by atoms with Crippen LogP contribution in [0.15, 0.2) is 42.6 Å². The number of hydrogen-bond acceptors (Lipinski definition) is 8. The molecule has 4 rings (SSSR count). The molecule has 0 saturated carbocycles.